The van der Waals surface area contributed by atoms with Gasteiger partial charge in [-0.25, -0.2) is 8.37 Å². The van der Waals surface area contributed by atoms with E-state index in [1.54, 1.807) is 0 Å². The molecule has 0 spiro atoms. The topological polar surface area (TPSA) is 72.8 Å². The largest absolute Gasteiger partial charge is 0.400 e. The highest BCUT2D eigenvalue weighted by Crippen LogP contribution is 2.33. The van der Waals surface area contributed by atoms with E-state index >= 15 is 0 Å². The van der Waals surface area contributed by atoms with E-state index in [0.29, 0.717) is 12.8 Å². The van der Waals surface area contributed by atoms with Crippen molar-refractivity contribution in [3.8, 4) is 0 Å². The zero-order chi connectivity index (χ0) is 8.06. The lowest BCUT2D eigenvalue weighted by Gasteiger charge is -2.06. The molecular formula is C5H8O5S. The first-order valence-electron chi connectivity index (χ1n) is 3.38. The van der Waals surface area contributed by atoms with E-state index in [0.717, 1.165) is 0 Å². The third kappa shape index (κ3) is 1.16. The molecule has 0 amide bonds. The summed E-state index contributed by atoms with van der Waals surface area (Å²) in [4.78, 5) is 0. The van der Waals surface area contributed by atoms with Crippen LogP contribution in [0.25, 0.3) is 0 Å². The molecule has 3 atom stereocenters. The summed E-state index contributed by atoms with van der Waals surface area (Å²) in [6.07, 6.45) is -0.733. The molecule has 5 nitrogen and oxygen atoms in total. The van der Waals surface area contributed by atoms with Crippen LogP contribution in [0.5, 0.6) is 0 Å². The van der Waals surface area contributed by atoms with Crippen molar-refractivity contribution >= 4 is 10.4 Å². The van der Waals surface area contributed by atoms with Gasteiger partial charge in [0.15, 0.2) is 0 Å². The van der Waals surface area contributed by atoms with Crippen LogP contribution in [0.15, 0.2) is 0 Å². The highest BCUT2D eigenvalue weighted by atomic mass is 32.3. The van der Waals surface area contributed by atoms with Gasteiger partial charge in [-0.3, -0.25) is 0 Å². The molecule has 2 aliphatic rings. The first-order valence-corrected chi connectivity index (χ1v) is 4.71. The maximum absolute atomic E-state index is 10.6. The Morgan fingerprint density at radius 3 is 2.64 bits per heavy atom. The summed E-state index contributed by atoms with van der Waals surface area (Å²) in [7, 11) is -3.80. The zero-order valence-corrected chi connectivity index (χ0v) is 6.45. The summed E-state index contributed by atoms with van der Waals surface area (Å²) in [5, 5.41) is 9.16. The Kier molecular flexibility index (Phi) is 1.47. The van der Waals surface area contributed by atoms with Crippen LogP contribution >= 0.6 is 0 Å². The smallest absolute Gasteiger partial charge is 0.390 e. The highest BCUT2D eigenvalue weighted by molar-refractivity contribution is 7.82. The van der Waals surface area contributed by atoms with Crippen LogP contribution in [0.1, 0.15) is 12.8 Å². The van der Waals surface area contributed by atoms with Gasteiger partial charge in [0.2, 0.25) is 0 Å². The van der Waals surface area contributed by atoms with Gasteiger partial charge < -0.3 is 5.11 Å². The first kappa shape index (κ1) is 7.48. The molecule has 6 heteroatoms. The van der Waals surface area contributed by atoms with Gasteiger partial charge in [-0.2, -0.15) is 8.42 Å². The molecule has 1 aliphatic carbocycles. The number of fused-ring (bicyclic) bond motifs is 1. The predicted molar refractivity (Wildman–Crippen MR) is 33.9 cm³/mol. The van der Waals surface area contributed by atoms with Crippen molar-refractivity contribution < 1.29 is 21.9 Å². The zero-order valence-electron chi connectivity index (χ0n) is 5.63. The summed E-state index contributed by atoms with van der Waals surface area (Å²) in [5.41, 5.74) is 0. The van der Waals surface area contributed by atoms with Gasteiger partial charge in [0.25, 0.3) is 0 Å². The van der Waals surface area contributed by atoms with Gasteiger partial charge in [-0.15, -0.1) is 0 Å². The quantitative estimate of drug-likeness (QED) is 0.526. The van der Waals surface area contributed by atoms with Crippen molar-refractivity contribution in [3.63, 3.8) is 0 Å². The van der Waals surface area contributed by atoms with Crippen molar-refractivity contribution in [2.75, 3.05) is 0 Å². The van der Waals surface area contributed by atoms with Crippen LogP contribution in [0.4, 0.5) is 0 Å². The maximum atomic E-state index is 10.6. The molecule has 1 N–H and O–H groups in total. The molecule has 1 heterocycles. The van der Waals surface area contributed by atoms with Gasteiger partial charge in [-0.05, 0) is 12.8 Å². The second-order valence-electron chi connectivity index (χ2n) is 2.75. The molecule has 1 aliphatic heterocycles. The number of aliphatic hydroxyl groups is 1. The first-order chi connectivity index (χ1) is 5.08. The monoisotopic (exact) mass is 180 g/mol. The molecule has 2 rings (SSSR count). The van der Waals surface area contributed by atoms with Gasteiger partial charge >= 0.3 is 10.4 Å². The minimum atomic E-state index is -3.80. The molecule has 0 aromatic rings. The highest BCUT2D eigenvalue weighted by Gasteiger charge is 2.48. The van der Waals surface area contributed by atoms with Crippen molar-refractivity contribution in [2.24, 2.45) is 0 Å². The SMILES string of the molecule is O=S1(=O)OC2CCC(O)C2O1. The Morgan fingerprint density at radius 2 is 2.00 bits per heavy atom. The summed E-state index contributed by atoms with van der Waals surface area (Å²) in [6, 6.07) is 0. The number of aliphatic hydroxyl groups excluding tert-OH is 1. The van der Waals surface area contributed by atoms with Crippen LogP contribution < -0.4 is 0 Å². The molecule has 2 fully saturated rings. The van der Waals surface area contributed by atoms with E-state index in [1.165, 1.54) is 0 Å². The standard InChI is InChI=1S/C5H8O5S/c6-3-1-2-4-5(3)10-11(7,8)9-4/h3-6H,1-2H2. The third-order valence-corrected chi connectivity index (χ3v) is 2.90. The molecule has 0 radical (unpaired) electrons. The van der Waals surface area contributed by atoms with E-state index < -0.39 is 28.7 Å². The van der Waals surface area contributed by atoms with E-state index in [1.807, 2.05) is 0 Å². The predicted octanol–water partition coefficient (Wildman–Crippen LogP) is -0.830. The molecule has 0 aromatic heterocycles. The Balaban J connectivity index is 2.22. The number of hydrogen-bond acceptors (Lipinski definition) is 5. The van der Waals surface area contributed by atoms with E-state index in [4.69, 9.17) is 5.11 Å². The Bertz CT molecular complexity index is 258. The molecule has 64 valence electrons. The van der Waals surface area contributed by atoms with Crippen molar-refractivity contribution in [2.45, 2.75) is 31.2 Å². The van der Waals surface area contributed by atoms with E-state index in [9.17, 15) is 8.42 Å². The van der Waals surface area contributed by atoms with Crippen molar-refractivity contribution in [3.05, 3.63) is 0 Å². The van der Waals surface area contributed by atoms with Crippen LogP contribution in [-0.2, 0) is 18.8 Å². The van der Waals surface area contributed by atoms with Gasteiger partial charge in [0, 0.05) is 0 Å². The molecule has 1 saturated heterocycles. The van der Waals surface area contributed by atoms with Crippen molar-refractivity contribution in [1.82, 2.24) is 0 Å². The fourth-order valence-electron chi connectivity index (χ4n) is 1.45. The maximum Gasteiger partial charge on any atom is 0.400 e. The third-order valence-electron chi connectivity index (χ3n) is 1.96. The number of hydrogen-bond donors (Lipinski definition) is 1. The Labute approximate surface area is 64.3 Å². The van der Waals surface area contributed by atoms with Crippen LogP contribution in [0.2, 0.25) is 0 Å². The average Bonchev–Trinajstić information content (AvgIpc) is 2.31. The molecule has 1 saturated carbocycles. The lowest BCUT2D eigenvalue weighted by molar-refractivity contribution is 0.0609. The van der Waals surface area contributed by atoms with E-state index in [-0.39, 0.29) is 0 Å². The number of rotatable bonds is 0. The van der Waals surface area contributed by atoms with Crippen LogP contribution in [0.3, 0.4) is 0 Å². The van der Waals surface area contributed by atoms with Gasteiger partial charge in [-0.1, -0.05) is 0 Å². The molecular weight excluding hydrogens is 172 g/mol. The summed E-state index contributed by atoms with van der Waals surface area (Å²) >= 11 is 0. The lowest BCUT2D eigenvalue weighted by Crippen LogP contribution is -2.25. The minimum absolute atomic E-state index is 0.463. The molecule has 11 heavy (non-hydrogen) atoms. The lowest BCUT2D eigenvalue weighted by atomic mass is 10.2. The second-order valence-corrected chi connectivity index (χ2v) is 3.95. The minimum Gasteiger partial charge on any atom is -0.390 e. The van der Waals surface area contributed by atoms with E-state index in [2.05, 4.69) is 8.37 Å². The normalized spacial score (nSPS) is 47.5. The summed E-state index contributed by atoms with van der Waals surface area (Å²) < 4.78 is 30.3. The fraction of sp³-hybridized carbons (Fsp3) is 1.00. The van der Waals surface area contributed by atoms with Gasteiger partial charge in [0.05, 0.1) is 6.10 Å². The second kappa shape index (κ2) is 2.16. The summed E-state index contributed by atoms with van der Waals surface area (Å²) in [5.74, 6) is 0. The summed E-state index contributed by atoms with van der Waals surface area (Å²) in [6.45, 7) is 0. The van der Waals surface area contributed by atoms with Crippen LogP contribution in [-0.4, -0.2) is 31.8 Å². The molecule has 0 aromatic carbocycles. The van der Waals surface area contributed by atoms with Crippen LogP contribution in [0, 0.1) is 0 Å². The fourth-order valence-corrected chi connectivity index (χ4v) is 2.53. The Hall–Kier alpha value is -0.170. The molecule has 3 unspecified atom stereocenters. The van der Waals surface area contributed by atoms with Crippen molar-refractivity contribution in [1.29, 1.82) is 0 Å². The Morgan fingerprint density at radius 1 is 1.27 bits per heavy atom. The molecule has 0 bridgehead atoms. The van der Waals surface area contributed by atoms with Gasteiger partial charge in [0.1, 0.15) is 12.2 Å². The average molecular weight is 180 g/mol.